The number of benzene rings is 2. The average Bonchev–Trinajstić information content (AvgIpc) is 2.92. The summed E-state index contributed by atoms with van der Waals surface area (Å²) in [7, 11) is -4.18. The van der Waals surface area contributed by atoms with Gasteiger partial charge in [-0.2, -0.15) is 8.42 Å². The van der Waals surface area contributed by atoms with Gasteiger partial charge in [-0.15, -0.1) is 0 Å². The number of aryl methyl sites for hydroxylation is 1. The van der Waals surface area contributed by atoms with Crippen molar-refractivity contribution in [2.24, 2.45) is 5.73 Å². The molecule has 0 atom stereocenters. The zero-order valence-electron chi connectivity index (χ0n) is 15.8. The number of nitrogens with zero attached hydrogens (tertiary/aromatic N) is 1. The number of carbonyl (C=O) groups is 3. The van der Waals surface area contributed by atoms with Crippen molar-refractivity contribution in [1.82, 2.24) is 4.90 Å². The molecule has 1 aliphatic rings. The van der Waals surface area contributed by atoms with Crippen molar-refractivity contribution in [3.8, 4) is 5.75 Å². The number of nitrogens with two attached hydrogens (primary N) is 1. The number of imide groups is 1. The first kappa shape index (κ1) is 23.1. The fourth-order valence-electron chi connectivity index (χ4n) is 2.55. The zero-order valence-corrected chi connectivity index (χ0v) is 18.9. The van der Waals surface area contributed by atoms with Gasteiger partial charge in [0.25, 0.3) is 11.1 Å². The minimum absolute atomic E-state index is 0.0272. The molecule has 0 aromatic heterocycles. The van der Waals surface area contributed by atoms with Crippen LogP contribution < -0.4 is 9.92 Å². The summed E-state index contributed by atoms with van der Waals surface area (Å²) >= 11 is 13.0. The lowest BCUT2D eigenvalue weighted by molar-refractivity contribution is -0.127. The second-order valence-corrected chi connectivity index (χ2v) is 9.75. The van der Waals surface area contributed by atoms with E-state index in [0.29, 0.717) is 22.2 Å². The fraction of sp³-hybridized carbons (Fsp3) is 0.105. The third-order valence-electron chi connectivity index (χ3n) is 4.01. The molecule has 0 unspecified atom stereocenters. The Morgan fingerprint density at radius 2 is 1.74 bits per heavy atom. The predicted molar refractivity (Wildman–Crippen MR) is 117 cm³/mol. The highest BCUT2D eigenvalue weighted by Crippen LogP contribution is 2.38. The number of primary amides is 1. The van der Waals surface area contributed by atoms with E-state index in [1.165, 1.54) is 30.3 Å². The number of halogens is 2. The Morgan fingerprint density at radius 3 is 2.29 bits per heavy atom. The van der Waals surface area contributed by atoms with Gasteiger partial charge in [0.05, 0.1) is 15.0 Å². The summed E-state index contributed by atoms with van der Waals surface area (Å²) in [6.07, 6.45) is 1.34. The molecule has 2 aromatic carbocycles. The van der Waals surface area contributed by atoms with Gasteiger partial charge in [0.15, 0.2) is 5.75 Å². The van der Waals surface area contributed by atoms with Crippen molar-refractivity contribution < 1.29 is 27.0 Å². The molecule has 2 aromatic rings. The molecule has 162 valence electrons. The largest absolute Gasteiger partial charge is 0.376 e. The Hall–Kier alpha value is -2.53. The second-order valence-electron chi connectivity index (χ2n) is 6.40. The summed E-state index contributed by atoms with van der Waals surface area (Å²) in [6, 6.07) is 8.68. The van der Waals surface area contributed by atoms with E-state index in [0.717, 1.165) is 5.56 Å². The van der Waals surface area contributed by atoms with Crippen LogP contribution in [0.25, 0.3) is 6.08 Å². The van der Waals surface area contributed by atoms with Gasteiger partial charge >= 0.3 is 10.1 Å². The number of hydrogen-bond acceptors (Lipinski definition) is 7. The van der Waals surface area contributed by atoms with E-state index < -0.39 is 33.7 Å². The number of amides is 3. The van der Waals surface area contributed by atoms with E-state index in [9.17, 15) is 22.8 Å². The van der Waals surface area contributed by atoms with Crippen LogP contribution in [0.5, 0.6) is 5.75 Å². The molecular weight excluding hydrogens is 487 g/mol. The van der Waals surface area contributed by atoms with Crippen molar-refractivity contribution in [2.45, 2.75) is 11.8 Å². The molecule has 0 saturated carbocycles. The summed E-state index contributed by atoms with van der Waals surface area (Å²) in [6.45, 7) is 1.28. The normalized spacial score (nSPS) is 15.6. The minimum atomic E-state index is -4.18. The molecule has 1 fully saturated rings. The molecule has 12 heteroatoms. The molecular formula is C19H14Cl2N2O6S2. The summed E-state index contributed by atoms with van der Waals surface area (Å²) in [5.41, 5.74) is 6.23. The predicted octanol–water partition coefficient (Wildman–Crippen LogP) is 3.59. The topological polar surface area (TPSA) is 124 Å². The van der Waals surface area contributed by atoms with E-state index in [1.54, 1.807) is 12.1 Å². The lowest BCUT2D eigenvalue weighted by Gasteiger charge is -2.11. The van der Waals surface area contributed by atoms with Crippen LogP contribution in [-0.2, 0) is 19.7 Å². The molecule has 2 N–H and O–H groups in total. The van der Waals surface area contributed by atoms with Crippen molar-refractivity contribution in [3.05, 3.63) is 62.5 Å². The smallest absolute Gasteiger partial charge is 0.339 e. The fourth-order valence-corrected chi connectivity index (χ4v) is 5.02. The van der Waals surface area contributed by atoms with Crippen molar-refractivity contribution in [1.29, 1.82) is 0 Å². The number of hydrogen-bond donors (Lipinski definition) is 1. The summed E-state index contributed by atoms with van der Waals surface area (Å²) in [5.74, 6) is -1.79. The first-order valence-corrected chi connectivity index (χ1v) is 11.5. The molecule has 1 heterocycles. The number of carbonyl (C=O) groups excluding carboxylic acids is 3. The first-order chi connectivity index (χ1) is 14.5. The van der Waals surface area contributed by atoms with Crippen LogP contribution in [0, 0.1) is 6.92 Å². The van der Waals surface area contributed by atoms with Crippen LogP contribution in [0.3, 0.4) is 0 Å². The maximum atomic E-state index is 12.5. The highest BCUT2D eigenvalue weighted by atomic mass is 35.5. The van der Waals surface area contributed by atoms with Crippen LogP contribution in [0.1, 0.15) is 11.1 Å². The quantitative estimate of drug-likeness (QED) is 0.474. The molecule has 0 aliphatic carbocycles. The third-order valence-corrected chi connectivity index (χ3v) is 6.71. The summed E-state index contributed by atoms with van der Waals surface area (Å²) < 4.78 is 30.1. The number of thioether (sulfide) groups is 1. The zero-order chi connectivity index (χ0) is 22.9. The van der Waals surface area contributed by atoms with Gasteiger partial charge in [0.1, 0.15) is 11.4 Å². The van der Waals surface area contributed by atoms with Crippen LogP contribution in [0.2, 0.25) is 10.0 Å². The van der Waals surface area contributed by atoms with Crippen molar-refractivity contribution in [2.75, 3.05) is 6.54 Å². The molecule has 0 radical (unpaired) electrons. The molecule has 0 bridgehead atoms. The molecule has 3 amide bonds. The van der Waals surface area contributed by atoms with Gasteiger partial charge in [0, 0.05) is 0 Å². The maximum Gasteiger partial charge on any atom is 0.339 e. The van der Waals surface area contributed by atoms with Crippen LogP contribution in [0.4, 0.5) is 4.79 Å². The Bertz CT molecular complexity index is 1200. The van der Waals surface area contributed by atoms with Crippen LogP contribution in [-0.4, -0.2) is 36.9 Å². The van der Waals surface area contributed by atoms with Gasteiger partial charge in [-0.1, -0.05) is 40.9 Å². The Balaban J connectivity index is 1.88. The number of rotatable bonds is 6. The highest BCUT2D eigenvalue weighted by molar-refractivity contribution is 8.18. The molecule has 31 heavy (non-hydrogen) atoms. The van der Waals surface area contributed by atoms with Gasteiger partial charge in [-0.05, 0) is 54.6 Å². The minimum Gasteiger partial charge on any atom is -0.376 e. The lowest BCUT2D eigenvalue weighted by Crippen LogP contribution is -2.36. The SMILES string of the molecule is Cc1ccc(S(=O)(=O)Oc2c(Cl)cc(/C=C3\SC(=O)N(CC(N)=O)C3=O)cc2Cl)cc1. The standard InChI is InChI=1S/C19H14Cl2N2O6S2/c1-10-2-4-12(5-3-10)31(27,28)29-17-13(20)6-11(7-14(17)21)8-15-18(25)23(9-16(22)24)19(26)30-15/h2-8H,9H2,1H3,(H2,22,24)/b15-8-. The summed E-state index contributed by atoms with van der Waals surface area (Å²) in [4.78, 5) is 35.9. The first-order valence-electron chi connectivity index (χ1n) is 8.52. The van der Waals surface area contributed by atoms with E-state index in [-0.39, 0.29) is 25.6 Å². The average molecular weight is 501 g/mol. The Kier molecular flexibility index (Phi) is 6.65. The summed E-state index contributed by atoms with van der Waals surface area (Å²) in [5, 5.41) is -0.881. The lowest BCUT2D eigenvalue weighted by atomic mass is 10.2. The van der Waals surface area contributed by atoms with E-state index in [4.69, 9.17) is 33.1 Å². The van der Waals surface area contributed by atoms with Gasteiger partial charge in [0.2, 0.25) is 5.91 Å². The van der Waals surface area contributed by atoms with Crippen LogP contribution >= 0.6 is 35.0 Å². The van der Waals surface area contributed by atoms with Crippen molar-refractivity contribution >= 4 is 68.2 Å². The Labute approximate surface area is 192 Å². The van der Waals surface area contributed by atoms with Gasteiger partial charge in [-0.3, -0.25) is 19.3 Å². The van der Waals surface area contributed by atoms with E-state index >= 15 is 0 Å². The third kappa shape index (κ3) is 5.21. The van der Waals surface area contributed by atoms with E-state index in [2.05, 4.69) is 0 Å². The van der Waals surface area contributed by atoms with Gasteiger partial charge in [-0.25, -0.2) is 0 Å². The molecule has 3 rings (SSSR count). The molecule has 8 nitrogen and oxygen atoms in total. The maximum absolute atomic E-state index is 12.5. The monoisotopic (exact) mass is 500 g/mol. The molecule has 0 spiro atoms. The second kappa shape index (κ2) is 8.91. The van der Waals surface area contributed by atoms with Crippen molar-refractivity contribution in [3.63, 3.8) is 0 Å². The highest BCUT2D eigenvalue weighted by Gasteiger charge is 2.36. The molecule has 1 aliphatic heterocycles. The Morgan fingerprint density at radius 1 is 1.16 bits per heavy atom. The van der Waals surface area contributed by atoms with Gasteiger partial charge < -0.3 is 9.92 Å². The molecule has 1 saturated heterocycles. The van der Waals surface area contributed by atoms with E-state index in [1.807, 2.05) is 6.92 Å². The van der Waals surface area contributed by atoms with Crippen LogP contribution in [0.15, 0.2) is 46.2 Å².